The lowest BCUT2D eigenvalue weighted by Gasteiger charge is -2.15. The summed E-state index contributed by atoms with van der Waals surface area (Å²) in [4.78, 5) is 26.9. The summed E-state index contributed by atoms with van der Waals surface area (Å²) in [6.07, 6.45) is 9.96. The number of pyridine rings is 1. The first-order valence-corrected chi connectivity index (χ1v) is 9.11. The number of carbonyl (C=O) groups excluding carboxylic acids is 1. The molecule has 0 saturated carbocycles. The average molecular weight is 370 g/mol. The van der Waals surface area contributed by atoms with Gasteiger partial charge in [0.1, 0.15) is 0 Å². The molecule has 0 atom stereocenters. The third kappa shape index (κ3) is 2.77. The molecule has 0 spiro atoms. The Balaban J connectivity index is 1.58. The van der Waals surface area contributed by atoms with Crippen molar-refractivity contribution in [3.05, 3.63) is 66.9 Å². The molecule has 1 aromatic carbocycles. The van der Waals surface area contributed by atoms with Crippen molar-refractivity contribution in [3.8, 4) is 11.3 Å². The van der Waals surface area contributed by atoms with Crippen molar-refractivity contribution in [1.82, 2.24) is 19.4 Å². The molecule has 1 N–H and O–H groups in total. The van der Waals surface area contributed by atoms with Gasteiger partial charge in [0.15, 0.2) is 11.5 Å². The third-order valence-electron chi connectivity index (χ3n) is 4.97. The maximum absolute atomic E-state index is 11.8. The highest BCUT2D eigenvalue weighted by Gasteiger charge is 2.22. The Kier molecular flexibility index (Phi) is 3.79. The topological polar surface area (TPSA) is 75.4 Å². The smallest absolute Gasteiger partial charge is 0.223 e. The zero-order valence-electron chi connectivity index (χ0n) is 15.3. The lowest BCUT2D eigenvalue weighted by atomic mass is 10.1. The number of aromatic nitrogens is 4. The minimum Gasteiger partial charge on any atom is -0.337 e. The van der Waals surface area contributed by atoms with E-state index >= 15 is 0 Å². The zero-order valence-corrected chi connectivity index (χ0v) is 15.3. The molecule has 5 rings (SSSR count). The van der Waals surface area contributed by atoms with Crippen LogP contribution in [0.5, 0.6) is 0 Å². The largest absolute Gasteiger partial charge is 0.337 e. The second-order valence-corrected chi connectivity index (χ2v) is 6.76. The second kappa shape index (κ2) is 6.45. The van der Waals surface area contributed by atoms with E-state index in [4.69, 9.17) is 4.98 Å². The molecule has 1 aliphatic heterocycles. The first kappa shape index (κ1) is 16.4. The highest BCUT2D eigenvalue weighted by atomic mass is 16.2. The summed E-state index contributed by atoms with van der Waals surface area (Å²) in [6, 6.07) is 9.93. The molecule has 0 radical (unpaired) electrons. The molecule has 1 aliphatic rings. The van der Waals surface area contributed by atoms with E-state index in [1.54, 1.807) is 25.5 Å². The standard InChI is InChI=1S/C21H18N6O/c1-14(28)27-10-6-16-12-15(2-3-19(16)27)18-13-26-11-9-23-21(26)20(25-18)24-17-4-7-22-8-5-17/h2-5,7-9,11-13H,6,10H2,1H3,(H,22,24,25). The van der Waals surface area contributed by atoms with E-state index in [-0.39, 0.29) is 5.91 Å². The van der Waals surface area contributed by atoms with Crippen LogP contribution in [-0.4, -0.2) is 31.8 Å². The van der Waals surface area contributed by atoms with Gasteiger partial charge in [0.2, 0.25) is 5.91 Å². The van der Waals surface area contributed by atoms with Gasteiger partial charge in [-0.2, -0.15) is 0 Å². The number of benzene rings is 1. The van der Waals surface area contributed by atoms with E-state index in [1.165, 1.54) is 5.56 Å². The molecule has 1 amide bonds. The minimum atomic E-state index is 0.0771. The highest BCUT2D eigenvalue weighted by molar-refractivity contribution is 5.94. The monoisotopic (exact) mass is 370 g/mol. The van der Waals surface area contributed by atoms with Crippen LogP contribution in [0.15, 0.2) is 61.3 Å². The van der Waals surface area contributed by atoms with Crippen molar-refractivity contribution in [1.29, 1.82) is 0 Å². The van der Waals surface area contributed by atoms with Gasteiger partial charge >= 0.3 is 0 Å². The lowest BCUT2D eigenvalue weighted by molar-refractivity contribution is -0.116. The van der Waals surface area contributed by atoms with Gasteiger partial charge in [0.25, 0.3) is 0 Å². The fraction of sp³-hybridized carbons (Fsp3) is 0.143. The van der Waals surface area contributed by atoms with Crippen molar-refractivity contribution in [2.45, 2.75) is 13.3 Å². The van der Waals surface area contributed by atoms with Crippen LogP contribution in [0, 0.1) is 0 Å². The summed E-state index contributed by atoms with van der Waals surface area (Å²) in [5, 5.41) is 3.33. The quantitative estimate of drug-likeness (QED) is 0.598. The average Bonchev–Trinajstić information content (AvgIpc) is 3.35. The SMILES string of the molecule is CC(=O)N1CCc2cc(-c3cn4ccnc4c(Nc4ccncc4)n3)ccc21. The van der Waals surface area contributed by atoms with E-state index in [9.17, 15) is 4.79 Å². The molecule has 0 saturated heterocycles. The molecule has 0 aliphatic carbocycles. The maximum atomic E-state index is 11.8. The predicted molar refractivity (Wildman–Crippen MR) is 108 cm³/mol. The van der Waals surface area contributed by atoms with Crippen LogP contribution in [0.2, 0.25) is 0 Å². The van der Waals surface area contributed by atoms with E-state index < -0.39 is 0 Å². The number of anilines is 3. The molecule has 7 heteroatoms. The number of nitrogens with one attached hydrogen (secondary N) is 1. The van der Waals surface area contributed by atoms with Crippen molar-refractivity contribution in [2.24, 2.45) is 0 Å². The predicted octanol–water partition coefficient (Wildman–Crippen LogP) is 3.44. The normalized spacial score (nSPS) is 13.0. The van der Waals surface area contributed by atoms with Gasteiger partial charge < -0.3 is 14.6 Å². The van der Waals surface area contributed by atoms with Crippen LogP contribution in [0.3, 0.4) is 0 Å². The summed E-state index contributed by atoms with van der Waals surface area (Å²) in [7, 11) is 0. The Morgan fingerprint density at radius 1 is 1.14 bits per heavy atom. The van der Waals surface area contributed by atoms with E-state index in [2.05, 4.69) is 21.4 Å². The number of carbonyl (C=O) groups is 1. The Hall–Kier alpha value is -3.74. The zero-order chi connectivity index (χ0) is 19.1. The van der Waals surface area contributed by atoms with Crippen LogP contribution in [0.1, 0.15) is 12.5 Å². The number of hydrogen-bond donors (Lipinski definition) is 1. The summed E-state index contributed by atoms with van der Waals surface area (Å²) in [5.41, 5.74) is 5.67. The molecule has 4 aromatic rings. The molecule has 0 bridgehead atoms. The van der Waals surface area contributed by atoms with Crippen LogP contribution in [0.25, 0.3) is 16.9 Å². The van der Waals surface area contributed by atoms with Crippen LogP contribution >= 0.6 is 0 Å². The second-order valence-electron chi connectivity index (χ2n) is 6.76. The van der Waals surface area contributed by atoms with Gasteiger partial charge in [-0.15, -0.1) is 0 Å². The number of fused-ring (bicyclic) bond motifs is 2. The lowest BCUT2D eigenvalue weighted by Crippen LogP contribution is -2.25. The van der Waals surface area contributed by atoms with Gasteiger partial charge in [-0.1, -0.05) is 6.07 Å². The Bertz CT molecular complexity index is 1180. The fourth-order valence-corrected chi connectivity index (χ4v) is 3.61. The van der Waals surface area contributed by atoms with Crippen molar-refractivity contribution >= 4 is 28.7 Å². The van der Waals surface area contributed by atoms with Gasteiger partial charge in [0, 0.05) is 61.4 Å². The molecule has 0 fully saturated rings. The highest BCUT2D eigenvalue weighted by Crippen LogP contribution is 2.32. The molecular weight excluding hydrogens is 352 g/mol. The first-order chi connectivity index (χ1) is 13.7. The summed E-state index contributed by atoms with van der Waals surface area (Å²) in [6.45, 7) is 2.34. The molecule has 7 nitrogen and oxygen atoms in total. The van der Waals surface area contributed by atoms with Gasteiger partial charge in [-0.05, 0) is 36.2 Å². The first-order valence-electron chi connectivity index (χ1n) is 9.11. The van der Waals surface area contributed by atoms with Crippen LogP contribution in [0.4, 0.5) is 17.2 Å². The maximum Gasteiger partial charge on any atom is 0.223 e. The summed E-state index contributed by atoms with van der Waals surface area (Å²) >= 11 is 0. The molecule has 4 heterocycles. The number of hydrogen-bond acceptors (Lipinski definition) is 5. The van der Waals surface area contributed by atoms with Gasteiger partial charge in [-0.3, -0.25) is 9.78 Å². The van der Waals surface area contributed by atoms with Gasteiger partial charge in [0.05, 0.1) is 5.69 Å². The molecular formula is C21H18N6O. The van der Waals surface area contributed by atoms with E-state index in [0.717, 1.165) is 41.2 Å². The number of rotatable bonds is 3. The van der Waals surface area contributed by atoms with Gasteiger partial charge in [-0.25, -0.2) is 9.97 Å². The van der Waals surface area contributed by atoms with E-state index in [0.29, 0.717) is 5.82 Å². The number of amides is 1. The molecule has 3 aromatic heterocycles. The van der Waals surface area contributed by atoms with E-state index in [1.807, 2.05) is 46.0 Å². The fourth-order valence-electron chi connectivity index (χ4n) is 3.61. The molecule has 28 heavy (non-hydrogen) atoms. The Labute approximate surface area is 161 Å². The summed E-state index contributed by atoms with van der Waals surface area (Å²) < 4.78 is 1.96. The van der Waals surface area contributed by atoms with Crippen molar-refractivity contribution < 1.29 is 4.79 Å². The summed E-state index contributed by atoms with van der Waals surface area (Å²) in [5.74, 6) is 0.757. The van der Waals surface area contributed by atoms with Crippen LogP contribution < -0.4 is 10.2 Å². The number of nitrogens with zero attached hydrogens (tertiary/aromatic N) is 5. The third-order valence-corrected chi connectivity index (χ3v) is 4.97. The molecule has 0 unspecified atom stereocenters. The Morgan fingerprint density at radius 2 is 2.00 bits per heavy atom. The van der Waals surface area contributed by atoms with Crippen molar-refractivity contribution in [3.63, 3.8) is 0 Å². The minimum absolute atomic E-state index is 0.0771. The number of imidazole rings is 1. The van der Waals surface area contributed by atoms with Crippen LogP contribution in [-0.2, 0) is 11.2 Å². The Morgan fingerprint density at radius 3 is 2.82 bits per heavy atom. The van der Waals surface area contributed by atoms with Crippen molar-refractivity contribution in [2.75, 3.05) is 16.8 Å². The molecule has 138 valence electrons.